The van der Waals surface area contributed by atoms with E-state index in [1.807, 2.05) is 6.08 Å². The molecule has 0 amide bonds. The van der Waals surface area contributed by atoms with E-state index in [1.54, 1.807) is 6.92 Å². The molecule has 1 atom stereocenters. The van der Waals surface area contributed by atoms with Gasteiger partial charge in [0.15, 0.2) is 0 Å². The Morgan fingerprint density at radius 1 is 1.33 bits per heavy atom. The summed E-state index contributed by atoms with van der Waals surface area (Å²) in [6, 6.07) is 0. The van der Waals surface area contributed by atoms with Crippen LogP contribution in [0, 0.1) is 11.8 Å². The van der Waals surface area contributed by atoms with Crippen molar-refractivity contribution in [2.24, 2.45) is 11.8 Å². The van der Waals surface area contributed by atoms with Gasteiger partial charge in [-0.3, -0.25) is 0 Å². The number of allylic oxidation sites excluding steroid dienone is 2. The Balaban J connectivity index is 1.96. The van der Waals surface area contributed by atoms with Crippen molar-refractivity contribution in [3.63, 3.8) is 0 Å². The molecule has 0 aromatic carbocycles. The Hall–Kier alpha value is -0.930. The first kappa shape index (κ1) is 18.1. The van der Waals surface area contributed by atoms with E-state index in [1.165, 1.54) is 19.3 Å². The van der Waals surface area contributed by atoms with Crippen molar-refractivity contribution in [1.82, 2.24) is 5.32 Å². The van der Waals surface area contributed by atoms with Crippen LogP contribution in [0.1, 0.15) is 45.4 Å². The van der Waals surface area contributed by atoms with E-state index in [9.17, 15) is 4.79 Å². The zero-order valence-corrected chi connectivity index (χ0v) is 13.5. The highest BCUT2D eigenvalue weighted by Crippen LogP contribution is 2.31. The highest BCUT2D eigenvalue weighted by molar-refractivity contribution is 5.75. The summed E-state index contributed by atoms with van der Waals surface area (Å²) in [6.45, 7) is 13.1. The maximum atomic E-state index is 11.0. The summed E-state index contributed by atoms with van der Waals surface area (Å²) in [7, 11) is 0. The summed E-state index contributed by atoms with van der Waals surface area (Å²) >= 11 is 0. The molecule has 0 spiro atoms. The van der Waals surface area contributed by atoms with Gasteiger partial charge < -0.3 is 14.8 Å². The minimum absolute atomic E-state index is 0.223. The number of ether oxygens (including phenoxy) is 1. The lowest BCUT2D eigenvalue weighted by Gasteiger charge is -2.15. The Bertz CT molecular complexity index is 334. The smallest absolute Gasteiger partial charge is 0.130 e. The maximum absolute atomic E-state index is 11.0. The molecule has 21 heavy (non-hydrogen) atoms. The predicted molar refractivity (Wildman–Crippen MR) is 88.4 cm³/mol. The van der Waals surface area contributed by atoms with Crippen LogP contribution in [0.3, 0.4) is 0 Å². The van der Waals surface area contributed by atoms with Gasteiger partial charge in [-0.05, 0) is 44.6 Å². The lowest BCUT2D eigenvalue weighted by atomic mass is 9.93. The number of nitrogens with one attached hydrogen (secondary N) is 1. The lowest BCUT2D eigenvalue weighted by molar-refractivity contribution is -0.116. The van der Waals surface area contributed by atoms with Gasteiger partial charge in [-0.25, -0.2) is 0 Å². The van der Waals surface area contributed by atoms with Crippen molar-refractivity contribution in [3.8, 4) is 0 Å². The molecule has 0 bridgehead atoms. The van der Waals surface area contributed by atoms with Gasteiger partial charge in [-0.2, -0.15) is 0 Å². The molecular formula is C18H31NO2. The Morgan fingerprint density at radius 3 is 2.71 bits per heavy atom. The van der Waals surface area contributed by atoms with Crippen LogP contribution >= 0.6 is 0 Å². The van der Waals surface area contributed by atoms with E-state index < -0.39 is 0 Å². The van der Waals surface area contributed by atoms with Crippen molar-refractivity contribution in [3.05, 3.63) is 24.8 Å². The van der Waals surface area contributed by atoms with Crippen LogP contribution in [0.15, 0.2) is 24.8 Å². The number of ketones is 1. The summed E-state index contributed by atoms with van der Waals surface area (Å²) in [6.07, 6.45) is 8.32. The van der Waals surface area contributed by atoms with E-state index in [4.69, 9.17) is 4.74 Å². The summed E-state index contributed by atoms with van der Waals surface area (Å²) in [5.74, 6) is 1.47. The third kappa shape index (κ3) is 9.59. The summed E-state index contributed by atoms with van der Waals surface area (Å²) < 4.78 is 5.59. The zero-order valence-electron chi connectivity index (χ0n) is 13.5. The molecule has 120 valence electrons. The summed E-state index contributed by atoms with van der Waals surface area (Å²) in [5.41, 5.74) is 1.11. The minimum Gasteiger partial charge on any atom is -0.380 e. The number of carbonyl (C=O) groups excluding carboxylic acids is 1. The molecule has 3 nitrogen and oxygen atoms in total. The SMILES string of the molecule is C=CC(CCNCCOCCC1CC1)C(=C)CCC(C)=O. The van der Waals surface area contributed by atoms with Crippen LogP contribution in [0.2, 0.25) is 0 Å². The topological polar surface area (TPSA) is 38.3 Å². The van der Waals surface area contributed by atoms with E-state index in [2.05, 4.69) is 18.5 Å². The van der Waals surface area contributed by atoms with Gasteiger partial charge in [0.25, 0.3) is 0 Å². The van der Waals surface area contributed by atoms with E-state index in [-0.39, 0.29) is 5.78 Å². The zero-order chi connectivity index (χ0) is 15.5. The second-order valence-electron chi connectivity index (χ2n) is 6.09. The Labute approximate surface area is 129 Å². The molecule has 1 fully saturated rings. The summed E-state index contributed by atoms with van der Waals surface area (Å²) in [4.78, 5) is 11.0. The van der Waals surface area contributed by atoms with E-state index >= 15 is 0 Å². The molecule has 0 aromatic rings. The molecule has 0 heterocycles. The molecule has 1 unspecified atom stereocenters. The average Bonchev–Trinajstić information content (AvgIpc) is 3.27. The third-order valence-corrected chi connectivity index (χ3v) is 4.03. The molecule has 0 radical (unpaired) electrons. The largest absolute Gasteiger partial charge is 0.380 e. The summed E-state index contributed by atoms with van der Waals surface area (Å²) in [5, 5.41) is 3.39. The van der Waals surface area contributed by atoms with Gasteiger partial charge in [-0.15, -0.1) is 6.58 Å². The van der Waals surface area contributed by atoms with E-state index in [0.717, 1.165) is 50.6 Å². The third-order valence-electron chi connectivity index (χ3n) is 4.03. The van der Waals surface area contributed by atoms with Crippen molar-refractivity contribution in [1.29, 1.82) is 0 Å². The van der Waals surface area contributed by atoms with Crippen LogP contribution in [0.4, 0.5) is 0 Å². The first-order chi connectivity index (χ1) is 10.1. The molecule has 0 aliphatic heterocycles. The van der Waals surface area contributed by atoms with Gasteiger partial charge in [0, 0.05) is 19.6 Å². The molecule has 0 aromatic heterocycles. The Morgan fingerprint density at radius 2 is 2.10 bits per heavy atom. The Kier molecular flexibility index (Phi) is 9.27. The highest BCUT2D eigenvalue weighted by atomic mass is 16.5. The van der Waals surface area contributed by atoms with Crippen LogP contribution in [-0.2, 0) is 9.53 Å². The van der Waals surface area contributed by atoms with Gasteiger partial charge in [0.2, 0.25) is 0 Å². The fourth-order valence-electron chi connectivity index (χ4n) is 2.30. The lowest BCUT2D eigenvalue weighted by Crippen LogP contribution is -2.23. The monoisotopic (exact) mass is 293 g/mol. The number of Topliss-reactive ketones (excluding diaryl/α,β-unsaturated/α-hetero) is 1. The standard InChI is InChI=1S/C18H31NO2/c1-4-18(15(2)5-6-16(3)20)9-11-19-12-14-21-13-10-17-7-8-17/h4,17-19H,1-2,5-14H2,3H3. The number of hydrogen-bond donors (Lipinski definition) is 1. The molecule has 1 aliphatic carbocycles. The van der Waals surface area contributed by atoms with Crippen LogP contribution < -0.4 is 5.32 Å². The van der Waals surface area contributed by atoms with Crippen molar-refractivity contribution in [2.75, 3.05) is 26.3 Å². The maximum Gasteiger partial charge on any atom is 0.130 e. The minimum atomic E-state index is 0.223. The molecular weight excluding hydrogens is 262 g/mol. The predicted octanol–water partition coefficient (Wildman–Crippen LogP) is 3.51. The molecule has 1 aliphatic rings. The first-order valence-corrected chi connectivity index (χ1v) is 8.21. The van der Waals surface area contributed by atoms with Gasteiger partial charge in [0.05, 0.1) is 6.61 Å². The average molecular weight is 293 g/mol. The van der Waals surface area contributed by atoms with Crippen molar-refractivity contribution >= 4 is 5.78 Å². The van der Waals surface area contributed by atoms with Crippen LogP contribution in [0.25, 0.3) is 0 Å². The fourth-order valence-corrected chi connectivity index (χ4v) is 2.30. The van der Waals surface area contributed by atoms with Crippen molar-refractivity contribution < 1.29 is 9.53 Å². The van der Waals surface area contributed by atoms with E-state index in [0.29, 0.717) is 12.3 Å². The molecule has 1 saturated carbocycles. The number of carbonyl (C=O) groups is 1. The normalized spacial score (nSPS) is 15.7. The second-order valence-corrected chi connectivity index (χ2v) is 6.09. The number of hydrogen-bond acceptors (Lipinski definition) is 3. The molecule has 0 saturated heterocycles. The highest BCUT2D eigenvalue weighted by Gasteiger charge is 2.20. The van der Waals surface area contributed by atoms with Crippen LogP contribution in [-0.4, -0.2) is 32.1 Å². The second kappa shape index (κ2) is 10.7. The van der Waals surface area contributed by atoms with Gasteiger partial charge in [0.1, 0.15) is 5.78 Å². The first-order valence-electron chi connectivity index (χ1n) is 8.21. The quantitative estimate of drug-likeness (QED) is 0.393. The molecule has 1 rings (SSSR count). The molecule has 1 N–H and O–H groups in total. The number of rotatable bonds is 14. The van der Waals surface area contributed by atoms with Crippen LogP contribution in [0.5, 0.6) is 0 Å². The van der Waals surface area contributed by atoms with Gasteiger partial charge >= 0.3 is 0 Å². The van der Waals surface area contributed by atoms with Gasteiger partial charge in [-0.1, -0.05) is 31.1 Å². The molecule has 3 heteroatoms. The fraction of sp³-hybridized carbons (Fsp3) is 0.722. The van der Waals surface area contributed by atoms with Crippen molar-refractivity contribution in [2.45, 2.75) is 45.4 Å².